The number of nitrogens with zero attached hydrogens (tertiary/aromatic N) is 3. The van der Waals surface area contributed by atoms with Crippen molar-refractivity contribution in [3.63, 3.8) is 0 Å². The van der Waals surface area contributed by atoms with E-state index >= 15 is 0 Å². The van der Waals surface area contributed by atoms with Crippen LogP contribution in [-0.4, -0.2) is 28.5 Å². The molecule has 0 bridgehead atoms. The molecule has 0 saturated heterocycles. The number of carbonyl (C=O) groups excluding carboxylic acids is 1. The van der Waals surface area contributed by atoms with Gasteiger partial charge in [0.05, 0.1) is 28.5 Å². The Morgan fingerprint density at radius 2 is 1.82 bits per heavy atom. The molecule has 0 amide bonds. The summed E-state index contributed by atoms with van der Waals surface area (Å²) in [5, 5.41) is 0. The van der Waals surface area contributed by atoms with E-state index in [9.17, 15) is 9.59 Å². The van der Waals surface area contributed by atoms with E-state index in [-0.39, 0.29) is 19.0 Å². The van der Waals surface area contributed by atoms with Crippen molar-refractivity contribution in [3.8, 4) is 17.2 Å². The van der Waals surface area contributed by atoms with E-state index in [1.54, 1.807) is 18.4 Å². The summed E-state index contributed by atoms with van der Waals surface area (Å²) in [5.41, 5.74) is 6.54. The fourth-order valence-corrected chi connectivity index (χ4v) is 6.39. The Labute approximate surface area is 235 Å². The summed E-state index contributed by atoms with van der Waals surface area (Å²) >= 11 is 1.32. The zero-order valence-corrected chi connectivity index (χ0v) is 23.8. The first-order valence-electron chi connectivity index (χ1n) is 13.1. The number of allylic oxidation sites excluding steroid dienone is 1. The van der Waals surface area contributed by atoms with Gasteiger partial charge in [-0.25, -0.2) is 9.79 Å². The Balaban J connectivity index is 1.49. The minimum atomic E-state index is -0.626. The van der Waals surface area contributed by atoms with E-state index < -0.39 is 12.0 Å². The van der Waals surface area contributed by atoms with Gasteiger partial charge in [0, 0.05) is 23.1 Å². The zero-order valence-electron chi connectivity index (χ0n) is 23.0. The van der Waals surface area contributed by atoms with Crippen molar-refractivity contribution in [3.05, 3.63) is 108 Å². The minimum Gasteiger partial charge on any atom is -0.463 e. The number of ether oxygens (including phenoxy) is 3. The lowest BCUT2D eigenvalue weighted by atomic mass is 9.95. The van der Waals surface area contributed by atoms with Crippen LogP contribution in [0, 0.1) is 20.8 Å². The van der Waals surface area contributed by atoms with Crippen molar-refractivity contribution in [2.75, 3.05) is 13.4 Å². The Hall–Kier alpha value is -4.37. The topological polar surface area (TPSA) is 84.1 Å². The maximum Gasteiger partial charge on any atom is 0.338 e. The smallest absolute Gasteiger partial charge is 0.338 e. The predicted molar refractivity (Wildman–Crippen MR) is 153 cm³/mol. The summed E-state index contributed by atoms with van der Waals surface area (Å²) in [7, 11) is 0. The third-order valence-electron chi connectivity index (χ3n) is 7.28. The fraction of sp³-hybridized carbons (Fsp3) is 0.258. The summed E-state index contributed by atoms with van der Waals surface area (Å²) in [4.78, 5) is 32.3. The molecule has 2 aromatic heterocycles. The predicted octanol–water partition coefficient (Wildman–Crippen LogP) is 4.24. The Bertz CT molecular complexity index is 1880. The van der Waals surface area contributed by atoms with Crippen LogP contribution in [-0.2, 0) is 9.53 Å². The quantitative estimate of drug-likeness (QED) is 0.344. The molecular formula is C31H29N3O5S. The normalized spacial score (nSPS) is 16.2. The highest BCUT2D eigenvalue weighted by Gasteiger charge is 2.33. The molecule has 1 atom stereocenters. The van der Waals surface area contributed by atoms with Crippen molar-refractivity contribution >= 4 is 23.4 Å². The average molecular weight is 556 g/mol. The van der Waals surface area contributed by atoms with Crippen LogP contribution in [0.3, 0.4) is 0 Å². The highest BCUT2D eigenvalue weighted by Crippen LogP contribution is 2.35. The number of benzene rings is 2. The van der Waals surface area contributed by atoms with Gasteiger partial charge in [0.15, 0.2) is 16.3 Å². The number of carbonyl (C=O) groups is 1. The van der Waals surface area contributed by atoms with Crippen molar-refractivity contribution in [2.24, 2.45) is 4.99 Å². The molecule has 204 valence electrons. The first kappa shape index (κ1) is 25.9. The molecule has 9 heteroatoms. The molecule has 4 aromatic rings. The van der Waals surface area contributed by atoms with Crippen LogP contribution in [0.2, 0.25) is 0 Å². The van der Waals surface area contributed by atoms with E-state index in [1.807, 2.05) is 69.3 Å². The van der Waals surface area contributed by atoms with Crippen molar-refractivity contribution in [1.29, 1.82) is 0 Å². The maximum absolute atomic E-state index is 14.0. The van der Waals surface area contributed by atoms with E-state index in [2.05, 4.69) is 15.6 Å². The third kappa shape index (κ3) is 4.26. The number of aromatic nitrogens is 2. The van der Waals surface area contributed by atoms with E-state index in [4.69, 9.17) is 14.2 Å². The molecule has 40 heavy (non-hydrogen) atoms. The molecule has 2 aliphatic heterocycles. The van der Waals surface area contributed by atoms with Gasteiger partial charge in [-0.1, -0.05) is 41.2 Å². The third-order valence-corrected chi connectivity index (χ3v) is 8.26. The molecule has 4 heterocycles. The zero-order chi connectivity index (χ0) is 28.1. The lowest BCUT2D eigenvalue weighted by Gasteiger charge is -2.24. The second-order valence-corrected chi connectivity index (χ2v) is 10.9. The molecule has 0 aliphatic carbocycles. The van der Waals surface area contributed by atoms with Gasteiger partial charge in [0.1, 0.15) is 0 Å². The van der Waals surface area contributed by atoms with Crippen LogP contribution < -0.4 is 24.4 Å². The van der Waals surface area contributed by atoms with Crippen LogP contribution in [0.1, 0.15) is 48.0 Å². The van der Waals surface area contributed by atoms with Crippen LogP contribution in [0.25, 0.3) is 11.8 Å². The van der Waals surface area contributed by atoms with Gasteiger partial charge in [-0.15, -0.1) is 0 Å². The lowest BCUT2D eigenvalue weighted by Crippen LogP contribution is -2.39. The van der Waals surface area contributed by atoms with Gasteiger partial charge < -0.3 is 18.8 Å². The largest absolute Gasteiger partial charge is 0.463 e. The number of thiazole rings is 1. The number of esters is 1. The van der Waals surface area contributed by atoms with Gasteiger partial charge in [-0.05, 0) is 70.0 Å². The fourth-order valence-electron chi connectivity index (χ4n) is 5.35. The number of hydrogen-bond donors (Lipinski definition) is 0. The number of hydrogen-bond acceptors (Lipinski definition) is 7. The Morgan fingerprint density at radius 1 is 1.07 bits per heavy atom. The average Bonchev–Trinajstić information content (AvgIpc) is 3.59. The highest BCUT2D eigenvalue weighted by atomic mass is 32.1. The van der Waals surface area contributed by atoms with Crippen molar-refractivity contribution in [1.82, 2.24) is 9.13 Å². The molecular weight excluding hydrogens is 526 g/mol. The summed E-state index contributed by atoms with van der Waals surface area (Å²) in [6.07, 6.45) is 1.91. The Kier molecular flexibility index (Phi) is 6.46. The molecule has 0 unspecified atom stereocenters. The van der Waals surface area contributed by atoms with E-state index in [0.29, 0.717) is 26.4 Å². The van der Waals surface area contributed by atoms with Gasteiger partial charge in [0.2, 0.25) is 6.79 Å². The van der Waals surface area contributed by atoms with Gasteiger partial charge in [-0.3, -0.25) is 9.36 Å². The van der Waals surface area contributed by atoms with E-state index in [0.717, 1.165) is 39.5 Å². The minimum absolute atomic E-state index is 0.198. The second-order valence-electron chi connectivity index (χ2n) is 9.91. The summed E-state index contributed by atoms with van der Waals surface area (Å²) in [5.74, 6) is 0.979. The standard InChI is InChI=1S/C31H29N3O5S/c1-6-37-30(36)27-19(4)32-31-34(28(27)21-9-7-17(2)8-10-21)29(35)26(40-31)14-22-13-18(3)33(20(22)5)23-11-12-24-25(15-23)39-16-38-24/h7-15,28H,6,16H2,1-5H3/b26-14+/t28-/m0/s1. The van der Waals surface area contributed by atoms with Crippen LogP contribution in [0.4, 0.5) is 0 Å². The van der Waals surface area contributed by atoms with Gasteiger partial charge in [-0.2, -0.15) is 0 Å². The van der Waals surface area contributed by atoms with Gasteiger partial charge >= 0.3 is 5.97 Å². The molecule has 0 N–H and O–H groups in total. The first-order chi connectivity index (χ1) is 19.3. The first-order valence-corrected chi connectivity index (χ1v) is 13.9. The molecule has 6 rings (SSSR count). The monoisotopic (exact) mass is 555 g/mol. The van der Waals surface area contributed by atoms with Crippen LogP contribution >= 0.6 is 11.3 Å². The molecule has 0 spiro atoms. The lowest BCUT2D eigenvalue weighted by molar-refractivity contribution is -0.139. The summed E-state index contributed by atoms with van der Waals surface area (Å²) in [6, 6.07) is 15.2. The number of rotatable bonds is 5. The van der Waals surface area contributed by atoms with E-state index in [1.165, 1.54) is 11.3 Å². The van der Waals surface area contributed by atoms with Crippen molar-refractivity contribution in [2.45, 2.75) is 40.7 Å². The van der Waals surface area contributed by atoms with Crippen LogP contribution in [0.5, 0.6) is 11.5 Å². The molecule has 0 saturated carbocycles. The second kappa shape index (κ2) is 9.98. The van der Waals surface area contributed by atoms with Crippen molar-refractivity contribution < 1.29 is 19.0 Å². The maximum atomic E-state index is 14.0. The SMILES string of the molecule is CCOC(=O)C1=C(C)N=c2s/c(=C/c3cc(C)n(-c4ccc5c(c4)OCO5)c3C)c(=O)n2[C@H]1c1ccc(C)cc1. The summed E-state index contributed by atoms with van der Waals surface area (Å²) < 4.78 is 20.7. The molecule has 2 aromatic carbocycles. The molecule has 0 fully saturated rings. The molecule has 8 nitrogen and oxygen atoms in total. The Morgan fingerprint density at radius 3 is 2.58 bits per heavy atom. The van der Waals surface area contributed by atoms with Crippen LogP contribution in [0.15, 0.2) is 69.6 Å². The molecule has 2 aliphatic rings. The number of aryl methyl sites for hydroxylation is 2. The molecule has 0 radical (unpaired) electrons. The highest BCUT2D eigenvalue weighted by molar-refractivity contribution is 7.07. The van der Waals surface area contributed by atoms with Gasteiger partial charge in [0.25, 0.3) is 5.56 Å². The number of fused-ring (bicyclic) bond motifs is 2. The summed E-state index contributed by atoms with van der Waals surface area (Å²) in [6.45, 7) is 10.1.